The number of hydrogen-bond donors (Lipinski definition) is 1. The Morgan fingerprint density at radius 3 is 2.72 bits per heavy atom. The van der Waals surface area contributed by atoms with Gasteiger partial charge in [-0.25, -0.2) is 4.68 Å². The number of aromatic nitrogens is 4. The summed E-state index contributed by atoms with van der Waals surface area (Å²) in [6.07, 6.45) is 4.24. The van der Waals surface area contributed by atoms with Gasteiger partial charge in [-0.3, -0.25) is 4.68 Å². The lowest BCUT2D eigenvalue weighted by molar-refractivity contribution is 0.424. The molecule has 0 radical (unpaired) electrons. The maximum absolute atomic E-state index is 5.86. The second kappa shape index (κ2) is 4.81. The Labute approximate surface area is 106 Å². The van der Waals surface area contributed by atoms with Crippen LogP contribution in [0.4, 0.5) is 0 Å². The number of nitrogens with two attached hydrogens (primary N) is 1. The van der Waals surface area contributed by atoms with E-state index in [1.807, 2.05) is 34.1 Å². The zero-order valence-corrected chi connectivity index (χ0v) is 11.2. The van der Waals surface area contributed by atoms with Crippen LogP contribution in [0.5, 0.6) is 11.6 Å². The van der Waals surface area contributed by atoms with Crippen molar-refractivity contribution < 1.29 is 4.74 Å². The molecule has 0 spiro atoms. The van der Waals surface area contributed by atoms with Gasteiger partial charge in [0.05, 0.1) is 18.1 Å². The topological polar surface area (TPSA) is 70.9 Å². The summed E-state index contributed by atoms with van der Waals surface area (Å²) in [6, 6.07) is 0.0733. The van der Waals surface area contributed by atoms with Crippen LogP contribution in [0.25, 0.3) is 0 Å². The molecule has 0 saturated heterocycles. The van der Waals surface area contributed by atoms with Gasteiger partial charge in [-0.2, -0.15) is 10.2 Å². The molecule has 6 nitrogen and oxygen atoms in total. The van der Waals surface area contributed by atoms with Gasteiger partial charge >= 0.3 is 0 Å². The fourth-order valence-corrected chi connectivity index (χ4v) is 1.93. The number of aryl methyl sites for hydroxylation is 3. The number of rotatable bonds is 4. The molecule has 0 saturated carbocycles. The van der Waals surface area contributed by atoms with E-state index in [0.717, 1.165) is 23.6 Å². The minimum Gasteiger partial charge on any atom is -0.436 e. The van der Waals surface area contributed by atoms with Crippen LogP contribution < -0.4 is 10.5 Å². The second-order valence-corrected chi connectivity index (χ2v) is 4.63. The Bertz CT molecular complexity index is 541. The van der Waals surface area contributed by atoms with E-state index in [1.165, 1.54) is 0 Å². The molecule has 2 N–H and O–H groups in total. The molecular formula is C12H19N5O. The van der Waals surface area contributed by atoms with Crippen LogP contribution in [0.1, 0.15) is 18.2 Å². The van der Waals surface area contributed by atoms with Gasteiger partial charge < -0.3 is 10.5 Å². The van der Waals surface area contributed by atoms with Crippen molar-refractivity contribution in [2.45, 2.75) is 26.3 Å². The lowest BCUT2D eigenvalue weighted by atomic mass is 10.1. The first-order valence-corrected chi connectivity index (χ1v) is 5.92. The molecule has 0 fully saturated rings. The molecule has 98 valence electrons. The summed E-state index contributed by atoms with van der Waals surface area (Å²) in [4.78, 5) is 0. The van der Waals surface area contributed by atoms with E-state index in [1.54, 1.807) is 15.6 Å². The lowest BCUT2D eigenvalue weighted by Crippen LogP contribution is -2.18. The van der Waals surface area contributed by atoms with Gasteiger partial charge in [0.2, 0.25) is 5.88 Å². The average molecular weight is 249 g/mol. The van der Waals surface area contributed by atoms with E-state index in [-0.39, 0.29) is 6.04 Å². The lowest BCUT2D eigenvalue weighted by Gasteiger charge is -2.08. The van der Waals surface area contributed by atoms with Gasteiger partial charge in [0.1, 0.15) is 0 Å². The van der Waals surface area contributed by atoms with Gasteiger partial charge in [0, 0.05) is 25.7 Å². The minimum absolute atomic E-state index is 0.0733. The predicted octanol–water partition coefficient (Wildman–Crippen LogP) is 1.14. The third-order valence-corrected chi connectivity index (χ3v) is 2.71. The third-order valence-electron chi connectivity index (χ3n) is 2.71. The van der Waals surface area contributed by atoms with Crippen LogP contribution in [0.15, 0.2) is 12.4 Å². The van der Waals surface area contributed by atoms with E-state index in [9.17, 15) is 0 Å². The molecule has 18 heavy (non-hydrogen) atoms. The fraction of sp³-hybridized carbons (Fsp3) is 0.500. The van der Waals surface area contributed by atoms with Crippen LogP contribution in [0.3, 0.4) is 0 Å². The third kappa shape index (κ3) is 2.53. The normalized spacial score (nSPS) is 12.7. The maximum Gasteiger partial charge on any atom is 0.221 e. The molecule has 2 aromatic heterocycles. The maximum atomic E-state index is 5.86. The molecular weight excluding hydrogens is 230 g/mol. The Balaban J connectivity index is 2.31. The molecule has 2 rings (SSSR count). The largest absolute Gasteiger partial charge is 0.436 e. The Hall–Kier alpha value is -1.82. The van der Waals surface area contributed by atoms with Crippen molar-refractivity contribution in [2.24, 2.45) is 19.8 Å². The summed E-state index contributed by atoms with van der Waals surface area (Å²) in [7, 11) is 3.72. The van der Waals surface area contributed by atoms with Crippen molar-refractivity contribution in [2.75, 3.05) is 0 Å². The summed E-state index contributed by atoms with van der Waals surface area (Å²) in [5, 5.41) is 8.45. The van der Waals surface area contributed by atoms with E-state index in [2.05, 4.69) is 10.2 Å². The molecule has 0 aliphatic heterocycles. The van der Waals surface area contributed by atoms with E-state index in [0.29, 0.717) is 5.75 Å². The quantitative estimate of drug-likeness (QED) is 0.882. The first-order valence-electron chi connectivity index (χ1n) is 5.92. The van der Waals surface area contributed by atoms with Crippen molar-refractivity contribution in [1.82, 2.24) is 19.6 Å². The summed E-state index contributed by atoms with van der Waals surface area (Å²) in [5.74, 6) is 1.43. The summed E-state index contributed by atoms with van der Waals surface area (Å²) < 4.78 is 9.28. The first-order chi connectivity index (χ1) is 8.47. The van der Waals surface area contributed by atoms with Crippen molar-refractivity contribution in [3.63, 3.8) is 0 Å². The summed E-state index contributed by atoms with van der Waals surface area (Å²) in [6.45, 7) is 3.94. The van der Waals surface area contributed by atoms with E-state index in [4.69, 9.17) is 10.5 Å². The zero-order valence-electron chi connectivity index (χ0n) is 11.2. The highest BCUT2D eigenvalue weighted by atomic mass is 16.5. The zero-order chi connectivity index (χ0) is 13.3. The molecule has 0 amide bonds. The Morgan fingerprint density at radius 1 is 1.44 bits per heavy atom. The number of hydrogen-bond acceptors (Lipinski definition) is 4. The van der Waals surface area contributed by atoms with Gasteiger partial charge in [-0.15, -0.1) is 0 Å². The summed E-state index contributed by atoms with van der Waals surface area (Å²) in [5.41, 5.74) is 7.86. The van der Waals surface area contributed by atoms with Crippen LogP contribution in [0, 0.1) is 6.92 Å². The highest BCUT2D eigenvalue weighted by Gasteiger charge is 2.17. The minimum atomic E-state index is 0.0733. The molecule has 0 aromatic carbocycles. The molecule has 6 heteroatoms. The van der Waals surface area contributed by atoms with Crippen LogP contribution in [-0.2, 0) is 20.5 Å². The highest BCUT2D eigenvalue weighted by molar-refractivity contribution is 5.35. The SMILES string of the molecule is Cc1nn(C)c(Oc2cnn(C)c2)c1CC(C)N. The van der Waals surface area contributed by atoms with Crippen molar-refractivity contribution in [1.29, 1.82) is 0 Å². The van der Waals surface area contributed by atoms with Crippen LogP contribution >= 0.6 is 0 Å². The first kappa shape index (κ1) is 12.6. The Kier molecular flexibility index (Phi) is 3.38. The molecule has 0 bridgehead atoms. The highest BCUT2D eigenvalue weighted by Crippen LogP contribution is 2.27. The second-order valence-electron chi connectivity index (χ2n) is 4.63. The number of nitrogens with zero attached hydrogens (tertiary/aromatic N) is 4. The van der Waals surface area contributed by atoms with Gasteiger partial charge in [0.25, 0.3) is 0 Å². The van der Waals surface area contributed by atoms with E-state index >= 15 is 0 Å². The smallest absolute Gasteiger partial charge is 0.221 e. The van der Waals surface area contributed by atoms with Crippen molar-refractivity contribution >= 4 is 0 Å². The van der Waals surface area contributed by atoms with Gasteiger partial charge in [-0.1, -0.05) is 0 Å². The van der Waals surface area contributed by atoms with Crippen LogP contribution in [0.2, 0.25) is 0 Å². The molecule has 2 heterocycles. The summed E-state index contributed by atoms with van der Waals surface area (Å²) >= 11 is 0. The van der Waals surface area contributed by atoms with Crippen LogP contribution in [-0.4, -0.2) is 25.6 Å². The Morgan fingerprint density at radius 2 is 2.17 bits per heavy atom. The monoisotopic (exact) mass is 249 g/mol. The van der Waals surface area contributed by atoms with Gasteiger partial charge in [0.15, 0.2) is 5.75 Å². The molecule has 0 aliphatic carbocycles. The standard InChI is InChI=1S/C12H19N5O/c1-8(13)5-11-9(2)15-17(4)12(11)18-10-6-14-16(3)7-10/h6-8H,5,13H2,1-4H3. The van der Waals surface area contributed by atoms with Gasteiger partial charge in [-0.05, 0) is 20.3 Å². The molecule has 2 aromatic rings. The average Bonchev–Trinajstić information content (AvgIpc) is 2.77. The van der Waals surface area contributed by atoms with E-state index < -0.39 is 0 Å². The predicted molar refractivity (Wildman–Crippen MR) is 68.6 cm³/mol. The van der Waals surface area contributed by atoms with Crippen molar-refractivity contribution in [3.8, 4) is 11.6 Å². The molecule has 0 aliphatic rings. The molecule has 1 atom stereocenters. The van der Waals surface area contributed by atoms with Crippen molar-refractivity contribution in [3.05, 3.63) is 23.7 Å². The number of ether oxygens (including phenoxy) is 1. The fourth-order valence-electron chi connectivity index (χ4n) is 1.93. The molecule has 1 unspecified atom stereocenters.